The second kappa shape index (κ2) is 6.43. The standard InChI is InChI=1S/C16H17N5O2/c1-11-14(20-23-19-11)8-15(22)21(2)10-13-9-17-18-16(13)12-6-4-3-5-7-12/h3-7,9H,8,10H2,1-2H3,(H,17,18). The van der Waals surface area contributed by atoms with Crippen LogP contribution in [0.25, 0.3) is 11.3 Å². The van der Waals surface area contributed by atoms with Crippen LogP contribution in [0.3, 0.4) is 0 Å². The van der Waals surface area contributed by atoms with E-state index in [0.29, 0.717) is 17.9 Å². The molecule has 1 N–H and O–H groups in total. The fourth-order valence-electron chi connectivity index (χ4n) is 2.32. The fourth-order valence-corrected chi connectivity index (χ4v) is 2.32. The van der Waals surface area contributed by atoms with E-state index in [4.69, 9.17) is 0 Å². The summed E-state index contributed by atoms with van der Waals surface area (Å²) in [5.41, 5.74) is 4.13. The van der Waals surface area contributed by atoms with Gasteiger partial charge in [-0.3, -0.25) is 9.89 Å². The maximum Gasteiger partial charge on any atom is 0.228 e. The number of carbonyl (C=O) groups excluding carboxylic acids is 1. The summed E-state index contributed by atoms with van der Waals surface area (Å²) in [5.74, 6) is -0.0518. The molecule has 0 fully saturated rings. The molecule has 0 unspecified atom stereocenters. The van der Waals surface area contributed by atoms with E-state index < -0.39 is 0 Å². The fraction of sp³-hybridized carbons (Fsp3) is 0.250. The molecule has 7 nitrogen and oxygen atoms in total. The number of aromatic amines is 1. The molecule has 118 valence electrons. The number of amides is 1. The van der Waals surface area contributed by atoms with Crippen molar-refractivity contribution in [3.63, 3.8) is 0 Å². The minimum absolute atomic E-state index is 0.0518. The Morgan fingerprint density at radius 1 is 1.26 bits per heavy atom. The van der Waals surface area contributed by atoms with Crippen molar-refractivity contribution in [3.8, 4) is 11.3 Å². The van der Waals surface area contributed by atoms with Gasteiger partial charge in [-0.25, -0.2) is 4.63 Å². The van der Waals surface area contributed by atoms with Gasteiger partial charge in [0.2, 0.25) is 5.91 Å². The zero-order valence-corrected chi connectivity index (χ0v) is 13.0. The molecule has 0 bridgehead atoms. The third kappa shape index (κ3) is 3.28. The Bertz CT molecular complexity index is 794. The van der Waals surface area contributed by atoms with E-state index in [-0.39, 0.29) is 12.3 Å². The predicted octanol–water partition coefficient (Wildman–Crippen LogP) is 1.97. The molecule has 3 aromatic rings. The normalized spacial score (nSPS) is 10.7. The first-order chi connectivity index (χ1) is 11.1. The number of hydrogen-bond donors (Lipinski definition) is 1. The van der Waals surface area contributed by atoms with Gasteiger partial charge in [0, 0.05) is 19.2 Å². The molecular weight excluding hydrogens is 294 g/mol. The van der Waals surface area contributed by atoms with Crippen molar-refractivity contribution in [1.82, 2.24) is 25.4 Å². The van der Waals surface area contributed by atoms with E-state index in [0.717, 1.165) is 16.8 Å². The number of hydrogen-bond acceptors (Lipinski definition) is 5. The van der Waals surface area contributed by atoms with Gasteiger partial charge in [-0.1, -0.05) is 40.6 Å². The van der Waals surface area contributed by atoms with E-state index in [9.17, 15) is 4.79 Å². The molecule has 1 amide bonds. The zero-order chi connectivity index (χ0) is 16.2. The van der Waals surface area contributed by atoms with Crippen LogP contribution in [0, 0.1) is 6.92 Å². The van der Waals surface area contributed by atoms with Crippen molar-refractivity contribution in [2.24, 2.45) is 0 Å². The Morgan fingerprint density at radius 3 is 2.74 bits per heavy atom. The summed E-state index contributed by atoms with van der Waals surface area (Å²) in [6.45, 7) is 2.23. The summed E-state index contributed by atoms with van der Waals surface area (Å²) in [7, 11) is 1.76. The van der Waals surface area contributed by atoms with Gasteiger partial charge in [-0.05, 0) is 12.5 Å². The van der Waals surface area contributed by atoms with Crippen LogP contribution in [0.4, 0.5) is 0 Å². The highest BCUT2D eigenvalue weighted by molar-refractivity contribution is 5.78. The average molecular weight is 311 g/mol. The lowest BCUT2D eigenvalue weighted by Gasteiger charge is -2.16. The quantitative estimate of drug-likeness (QED) is 0.778. The van der Waals surface area contributed by atoms with Crippen molar-refractivity contribution in [2.75, 3.05) is 7.05 Å². The van der Waals surface area contributed by atoms with Gasteiger partial charge < -0.3 is 4.90 Å². The average Bonchev–Trinajstić information content (AvgIpc) is 3.18. The van der Waals surface area contributed by atoms with Crippen LogP contribution in [0.15, 0.2) is 41.2 Å². The van der Waals surface area contributed by atoms with Gasteiger partial charge in [0.1, 0.15) is 11.4 Å². The molecule has 0 radical (unpaired) electrons. The molecule has 0 saturated carbocycles. The SMILES string of the molecule is Cc1nonc1CC(=O)N(C)Cc1cn[nH]c1-c1ccccc1. The minimum Gasteiger partial charge on any atom is -0.341 e. The number of nitrogens with one attached hydrogen (secondary N) is 1. The number of aromatic nitrogens is 4. The second-order valence-corrected chi connectivity index (χ2v) is 5.36. The van der Waals surface area contributed by atoms with Gasteiger partial charge in [-0.15, -0.1) is 0 Å². The Morgan fingerprint density at radius 2 is 2.04 bits per heavy atom. The predicted molar refractivity (Wildman–Crippen MR) is 83.2 cm³/mol. The molecular formula is C16H17N5O2. The molecule has 0 saturated heterocycles. The number of nitrogens with zero attached hydrogens (tertiary/aromatic N) is 4. The maximum absolute atomic E-state index is 12.3. The van der Waals surface area contributed by atoms with Crippen LogP contribution in [-0.4, -0.2) is 38.4 Å². The monoisotopic (exact) mass is 311 g/mol. The Hall–Kier alpha value is -2.96. The number of rotatable bonds is 5. The molecule has 7 heteroatoms. The largest absolute Gasteiger partial charge is 0.341 e. The molecule has 0 aliphatic heterocycles. The lowest BCUT2D eigenvalue weighted by atomic mass is 10.1. The summed E-state index contributed by atoms with van der Waals surface area (Å²) in [4.78, 5) is 14.0. The van der Waals surface area contributed by atoms with Crippen LogP contribution in [-0.2, 0) is 17.8 Å². The van der Waals surface area contributed by atoms with E-state index in [1.54, 1.807) is 25.1 Å². The van der Waals surface area contributed by atoms with E-state index in [1.807, 2.05) is 30.3 Å². The molecule has 23 heavy (non-hydrogen) atoms. The highest BCUT2D eigenvalue weighted by atomic mass is 16.6. The third-order valence-electron chi connectivity index (χ3n) is 3.68. The van der Waals surface area contributed by atoms with Crippen molar-refractivity contribution in [1.29, 1.82) is 0 Å². The first-order valence-electron chi connectivity index (χ1n) is 7.25. The summed E-state index contributed by atoms with van der Waals surface area (Å²) < 4.78 is 4.62. The van der Waals surface area contributed by atoms with Gasteiger partial charge in [0.05, 0.1) is 18.3 Å². The Labute approximate surface area is 133 Å². The lowest BCUT2D eigenvalue weighted by molar-refractivity contribution is -0.129. The first kappa shape index (κ1) is 15.0. The smallest absolute Gasteiger partial charge is 0.228 e. The van der Waals surface area contributed by atoms with Crippen LogP contribution in [0.5, 0.6) is 0 Å². The number of carbonyl (C=O) groups is 1. The molecule has 0 atom stereocenters. The summed E-state index contributed by atoms with van der Waals surface area (Å²) in [6.07, 6.45) is 1.92. The number of aryl methyl sites for hydroxylation is 1. The molecule has 3 rings (SSSR count). The molecule has 0 spiro atoms. The number of likely N-dealkylation sites (N-methyl/N-ethyl adjacent to an activating group) is 1. The maximum atomic E-state index is 12.3. The van der Waals surface area contributed by atoms with Crippen LogP contribution >= 0.6 is 0 Å². The summed E-state index contributed by atoms with van der Waals surface area (Å²) >= 11 is 0. The van der Waals surface area contributed by atoms with E-state index >= 15 is 0 Å². The first-order valence-corrected chi connectivity index (χ1v) is 7.25. The number of H-pyrrole nitrogens is 1. The Kier molecular flexibility index (Phi) is 4.18. The van der Waals surface area contributed by atoms with Crippen LogP contribution in [0.1, 0.15) is 17.0 Å². The molecule has 0 aliphatic rings. The van der Waals surface area contributed by atoms with Crippen molar-refractivity contribution in [3.05, 3.63) is 53.5 Å². The summed E-state index contributed by atoms with van der Waals surface area (Å²) in [5, 5.41) is 14.5. The highest BCUT2D eigenvalue weighted by Gasteiger charge is 2.17. The zero-order valence-electron chi connectivity index (χ0n) is 13.0. The number of benzene rings is 1. The molecule has 2 aromatic heterocycles. The van der Waals surface area contributed by atoms with Crippen LogP contribution < -0.4 is 0 Å². The Balaban J connectivity index is 1.71. The van der Waals surface area contributed by atoms with Crippen LogP contribution in [0.2, 0.25) is 0 Å². The van der Waals surface area contributed by atoms with Gasteiger partial charge in [0.25, 0.3) is 0 Å². The van der Waals surface area contributed by atoms with Gasteiger partial charge in [0.15, 0.2) is 0 Å². The van der Waals surface area contributed by atoms with Crippen molar-refractivity contribution >= 4 is 5.91 Å². The highest BCUT2D eigenvalue weighted by Crippen LogP contribution is 2.21. The van der Waals surface area contributed by atoms with Crippen molar-refractivity contribution in [2.45, 2.75) is 19.9 Å². The molecule has 0 aliphatic carbocycles. The lowest BCUT2D eigenvalue weighted by Crippen LogP contribution is -2.28. The van der Waals surface area contributed by atoms with E-state index in [1.165, 1.54) is 0 Å². The second-order valence-electron chi connectivity index (χ2n) is 5.36. The van der Waals surface area contributed by atoms with E-state index in [2.05, 4.69) is 25.1 Å². The van der Waals surface area contributed by atoms with Gasteiger partial charge in [-0.2, -0.15) is 5.10 Å². The van der Waals surface area contributed by atoms with Gasteiger partial charge >= 0.3 is 0 Å². The third-order valence-corrected chi connectivity index (χ3v) is 3.68. The minimum atomic E-state index is -0.0518. The van der Waals surface area contributed by atoms with Crippen molar-refractivity contribution < 1.29 is 9.42 Å². The summed E-state index contributed by atoms with van der Waals surface area (Å²) in [6, 6.07) is 9.90. The topological polar surface area (TPSA) is 87.9 Å². The molecule has 2 heterocycles. The molecule has 1 aromatic carbocycles.